The van der Waals surface area contributed by atoms with Crippen molar-refractivity contribution in [1.29, 1.82) is 0 Å². The molecular weight excluding hydrogens is 255 g/mol. The Morgan fingerprint density at radius 1 is 1.32 bits per heavy atom. The van der Waals surface area contributed by atoms with Crippen LogP contribution in [0.1, 0.15) is 36.6 Å². The number of hydrogen-bond donors (Lipinski definition) is 1. The first kappa shape index (κ1) is 16.0. The predicted molar refractivity (Wildman–Crippen MR) is 69.1 cm³/mol. The van der Waals surface area contributed by atoms with Gasteiger partial charge in [0.2, 0.25) is 0 Å². The van der Waals surface area contributed by atoms with Crippen molar-refractivity contribution in [3.8, 4) is 0 Å². The van der Waals surface area contributed by atoms with Gasteiger partial charge in [0.25, 0.3) is 0 Å². The minimum Gasteiger partial charge on any atom is -0.380 e. The fourth-order valence-corrected chi connectivity index (χ4v) is 2.09. The number of hydrogen-bond acceptors (Lipinski definition) is 2. The summed E-state index contributed by atoms with van der Waals surface area (Å²) in [6.07, 6.45) is -4.42. The number of methoxy groups -OCH3 is 1. The van der Waals surface area contributed by atoms with Crippen molar-refractivity contribution in [2.75, 3.05) is 13.7 Å². The average Bonchev–Trinajstić information content (AvgIpc) is 2.34. The minimum atomic E-state index is -4.30. The first-order valence-electron chi connectivity index (χ1n) is 6.25. The van der Waals surface area contributed by atoms with E-state index in [4.69, 9.17) is 4.74 Å². The quantitative estimate of drug-likeness (QED) is 0.884. The highest BCUT2D eigenvalue weighted by atomic mass is 19.4. The van der Waals surface area contributed by atoms with E-state index in [9.17, 15) is 13.2 Å². The fourth-order valence-electron chi connectivity index (χ4n) is 2.09. The van der Waals surface area contributed by atoms with E-state index in [2.05, 4.69) is 5.32 Å². The Bertz CT molecular complexity index is 418. The summed E-state index contributed by atoms with van der Waals surface area (Å²) in [7, 11) is 1.59. The maximum atomic E-state index is 12.6. The molecule has 1 aromatic rings. The highest BCUT2D eigenvalue weighted by molar-refractivity contribution is 5.35. The third-order valence-corrected chi connectivity index (χ3v) is 3.20. The van der Waals surface area contributed by atoms with Crippen molar-refractivity contribution in [3.63, 3.8) is 0 Å². The van der Waals surface area contributed by atoms with Gasteiger partial charge in [-0.3, -0.25) is 0 Å². The fraction of sp³-hybridized carbons (Fsp3) is 0.571. The Labute approximate surface area is 112 Å². The van der Waals surface area contributed by atoms with Gasteiger partial charge in [0.1, 0.15) is 0 Å². The van der Waals surface area contributed by atoms with Crippen molar-refractivity contribution in [1.82, 2.24) is 5.32 Å². The summed E-state index contributed by atoms with van der Waals surface area (Å²) in [6.45, 7) is 6.26. The van der Waals surface area contributed by atoms with E-state index in [1.165, 1.54) is 12.1 Å². The Kier molecular flexibility index (Phi) is 5.38. The van der Waals surface area contributed by atoms with Crippen LogP contribution < -0.4 is 5.32 Å². The largest absolute Gasteiger partial charge is 0.416 e. The molecule has 1 N–H and O–H groups in total. The maximum absolute atomic E-state index is 12.6. The van der Waals surface area contributed by atoms with Crippen LogP contribution in [-0.2, 0) is 10.9 Å². The van der Waals surface area contributed by atoms with Gasteiger partial charge in [-0.15, -0.1) is 0 Å². The van der Waals surface area contributed by atoms with Gasteiger partial charge in [-0.05, 0) is 43.7 Å². The van der Waals surface area contributed by atoms with Gasteiger partial charge in [0, 0.05) is 7.11 Å². The van der Waals surface area contributed by atoms with E-state index in [0.717, 1.165) is 18.2 Å². The zero-order chi connectivity index (χ0) is 14.6. The van der Waals surface area contributed by atoms with Gasteiger partial charge >= 0.3 is 6.18 Å². The molecule has 1 aromatic carbocycles. The predicted octanol–water partition coefficient (Wildman–Crippen LogP) is 3.70. The van der Waals surface area contributed by atoms with Crippen LogP contribution in [-0.4, -0.2) is 19.8 Å². The molecule has 0 bridgehead atoms. The molecule has 0 aliphatic carbocycles. The topological polar surface area (TPSA) is 21.3 Å². The van der Waals surface area contributed by atoms with Gasteiger partial charge < -0.3 is 10.1 Å². The van der Waals surface area contributed by atoms with E-state index >= 15 is 0 Å². The minimum absolute atomic E-state index is 0.114. The Hall–Kier alpha value is -1.07. The standard InChI is InChI=1S/C14H20F3NO/c1-5-18-13(10(3)19-4)12-7-6-11(8-9(12)2)14(15,16)17/h6-8,10,13,18H,5H2,1-4H3. The van der Waals surface area contributed by atoms with Crippen molar-refractivity contribution in [2.45, 2.75) is 39.1 Å². The molecule has 2 unspecified atom stereocenters. The molecule has 0 fully saturated rings. The molecule has 0 saturated carbocycles. The number of nitrogens with one attached hydrogen (secondary N) is 1. The molecule has 0 radical (unpaired) electrons. The maximum Gasteiger partial charge on any atom is 0.416 e. The second kappa shape index (κ2) is 6.39. The van der Waals surface area contributed by atoms with Gasteiger partial charge in [-0.2, -0.15) is 13.2 Å². The smallest absolute Gasteiger partial charge is 0.380 e. The zero-order valence-electron chi connectivity index (χ0n) is 11.6. The first-order valence-corrected chi connectivity index (χ1v) is 6.25. The Morgan fingerprint density at radius 2 is 1.95 bits per heavy atom. The molecule has 0 amide bonds. The molecular formula is C14H20F3NO. The summed E-state index contributed by atoms with van der Waals surface area (Å²) in [6, 6.07) is 3.72. The van der Waals surface area contributed by atoms with Crippen molar-refractivity contribution in [2.24, 2.45) is 0 Å². The van der Waals surface area contributed by atoms with Crippen molar-refractivity contribution in [3.05, 3.63) is 34.9 Å². The van der Waals surface area contributed by atoms with E-state index in [0.29, 0.717) is 5.56 Å². The highest BCUT2D eigenvalue weighted by Gasteiger charge is 2.31. The lowest BCUT2D eigenvalue weighted by Gasteiger charge is -2.26. The molecule has 108 valence electrons. The van der Waals surface area contributed by atoms with E-state index in [1.807, 2.05) is 13.8 Å². The summed E-state index contributed by atoms with van der Waals surface area (Å²) in [4.78, 5) is 0. The summed E-state index contributed by atoms with van der Waals surface area (Å²) < 4.78 is 43.2. The molecule has 0 aliphatic rings. The molecule has 2 atom stereocenters. The van der Waals surface area contributed by atoms with Crippen LogP contribution in [0.3, 0.4) is 0 Å². The molecule has 1 rings (SSSR count). The van der Waals surface area contributed by atoms with Gasteiger partial charge in [-0.1, -0.05) is 13.0 Å². The number of likely N-dealkylation sites (N-methyl/N-ethyl adjacent to an activating group) is 1. The summed E-state index contributed by atoms with van der Waals surface area (Å²) in [5.74, 6) is 0. The van der Waals surface area contributed by atoms with E-state index < -0.39 is 11.7 Å². The Morgan fingerprint density at radius 3 is 2.37 bits per heavy atom. The second-order valence-electron chi connectivity index (χ2n) is 4.55. The molecule has 0 saturated heterocycles. The molecule has 2 nitrogen and oxygen atoms in total. The Balaban J connectivity index is 3.12. The summed E-state index contributed by atoms with van der Waals surface area (Å²) in [5, 5.41) is 3.24. The van der Waals surface area contributed by atoms with Gasteiger partial charge in [0.05, 0.1) is 17.7 Å². The number of benzene rings is 1. The van der Waals surface area contributed by atoms with Crippen LogP contribution in [0.15, 0.2) is 18.2 Å². The van der Waals surface area contributed by atoms with Crippen LogP contribution in [0.4, 0.5) is 13.2 Å². The SMILES string of the molecule is CCNC(c1ccc(C(F)(F)F)cc1C)C(C)OC. The number of alkyl halides is 3. The van der Waals surface area contributed by atoms with Crippen LogP contribution in [0.5, 0.6) is 0 Å². The zero-order valence-corrected chi connectivity index (χ0v) is 11.6. The molecule has 0 heterocycles. The van der Waals surface area contributed by atoms with Crippen LogP contribution >= 0.6 is 0 Å². The number of rotatable bonds is 5. The van der Waals surface area contributed by atoms with Crippen LogP contribution in [0.25, 0.3) is 0 Å². The molecule has 19 heavy (non-hydrogen) atoms. The van der Waals surface area contributed by atoms with Crippen molar-refractivity contribution < 1.29 is 17.9 Å². The number of aryl methyl sites for hydroxylation is 1. The summed E-state index contributed by atoms with van der Waals surface area (Å²) in [5.41, 5.74) is 0.836. The average molecular weight is 275 g/mol. The first-order chi connectivity index (χ1) is 8.81. The molecule has 0 spiro atoms. The lowest BCUT2D eigenvalue weighted by Crippen LogP contribution is -2.32. The van der Waals surface area contributed by atoms with E-state index in [-0.39, 0.29) is 12.1 Å². The monoisotopic (exact) mass is 275 g/mol. The molecule has 5 heteroatoms. The van der Waals surface area contributed by atoms with Crippen LogP contribution in [0, 0.1) is 6.92 Å². The molecule has 0 aliphatic heterocycles. The third kappa shape index (κ3) is 3.94. The normalized spacial score (nSPS) is 15.3. The number of ether oxygens (including phenoxy) is 1. The number of halogens is 3. The van der Waals surface area contributed by atoms with Crippen LogP contribution in [0.2, 0.25) is 0 Å². The second-order valence-corrected chi connectivity index (χ2v) is 4.55. The van der Waals surface area contributed by atoms with E-state index in [1.54, 1.807) is 14.0 Å². The summed E-state index contributed by atoms with van der Waals surface area (Å²) >= 11 is 0. The van der Waals surface area contributed by atoms with Gasteiger partial charge in [-0.25, -0.2) is 0 Å². The third-order valence-electron chi connectivity index (χ3n) is 3.20. The lowest BCUT2D eigenvalue weighted by atomic mass is 9.95. The molecule has 0 aromatic heterocycles. The van der Waals surface area contributed by atoms with Crippen molar-refractivity contribution >= 4 is 0 Å². The highest BCUT2D eigenvalue weighted by Crippen LogP contribution is 2.32. The lowest BCUT2D eigenvalue weighted by molar-refractivity contribution is -0.137. The van der Waals surface area contributed by atoms with Gasteiger partial charge in [0.15, 0.2) is 0 Å².